The molecule has 0 saturated carbocycles. The molecule has 0 spiro atoms. The van der Waals surface area contributed by atoms with E-state index in [1.54, 1.807) is 30.3 Å². The van der Waals surface area contributed by atoms with Gasteiger partial charge in [0.1, 0.15) is 17.6 Å². The molecule has 5 heteroatoms. The normalized spacial score (nSPS) is 15.3. The molecule has 1 aliphatic rings. The minimum atomic E-state index is -0.284. The summed E-state index contributed by atoms with van der Waals surface area (Å²) in [6.07, 6.45) is 4.16. The zero-order valence-corrected chi connectivity index (χ0v) is 15.7. The molecule has 140 valence electrons. The van der Waals surface area contributed by atoms with Gasteiger partial charge in [0.15, 0.2) is 5.78 Å². The van der Waals surface area contributed by atoms with Crippen LogP contribution >= 0.6 is 0 Å². The smallest absolute Gasteiger partial charge is 0.248 e. The van der Waals surface area contributed by atoms with Crippen molar-refractivity contribution in [3.8, 4) is 11.5 Å². The van der Waals surface area contributed by atoms with Crippen molar-refractivity contribution >= 4 is 23.5 Å². The van der Waals surface area contributed by atoms with Crippen LogP contribution in [0.2, 0.25) is 0 Å². The molecule has 1 amide bonds. The van der Waals surface area contributed by atoms with Gasteiger partial charge < -0.3 is 14.8 Å². The SMILES string of the molecule is CCOc1cc2c(cc1/C=C/C(=O)Nc1cccc(C(C)=O)c1)OC(C)C2. The highest BCUT2D eigenvalue weighted by atomic mass is 16.5. The van der Waals surface area contributed by atoms with Crippen LogP contribution in [0.4, 0.5) is 5.69 Å². The molecule has 1 aliphatic heterocycles. The van der Waals surface area contributed by atoms with E-state index in [4.69, 9.17) is 9.47 Å². The van der Waals surface area contributed by atoms with E-state index < -0.39 is 0 Å². The van der Waals surface area contributed by atoms with Crippen molar-refractivity contribution in [1.29, 1.82) is 0 Å². The van der Waals surface area contributed by atoms with Crippen molar-refractivity contribution in [1.82, 2.24) is 0 Å². The number of carbonyl (C=O) groups is 2. The number of amides is 1. The Morgan fingerprint density at radius 1 is 1.30 bits per heavy atom. The van der Waals surface area contributed by atoms with Gasteiger partial charge in [-0.3, -0.25) is 9.59 Å². The van der Waals surface area contributed by atoms with Gasteiger partial charge in [0.25, 0.3) is 0 Å². The molecule has 27 heavy (non-hydrogen) atoms. The van der Waals surface area contributed by atoms with Crippen LogP contribution in [0.15, 0.2) is 42.5 Å². The number of rotatable bonds is 6. The monoisotopic (exact) mass is 365 g/mol. The molecule has 0 aromatic heterocycles. The Balaban J connectivity index is 1.77. The van der Waals surface area contributed by atoms with Crippen LogP contribution in [0.3, 0.4) is 0 Å². The number of ketones is 1. The topological polar surface area (TPSA) is 64.6 Å². The number of hydrogen-bond donors (Lipinski definition) is 1. The lowest BCUT2D eigenvalue weighted by atomic mass is 10.1. The Morgan fingerprint density at radius 3 is 2.85 bits per heavy atom. The molecule has 2 aromatic rings. The van der Waals surface area contributed by atoms with E-state index in [1.807, 2.05) is 26.0 Å². The summed E-state index contributed by atoms with van der Waals surface area (Å²) in [7, 11) is 0. The minimum Gasteiger partial charge on any atom is -0.493 e. The number of Topliss-reactive ketones (excluding diaryl/α,β-unsaturated/α-hetero) is 1. The second-order valence-corrected chi connectivity index (χ2v) is 6.52. The number of nitrogens with one attached hydrogen (secondary N) is 1. The summed E-state index contributed by atoms with van der Waals surface area (Å²) >= 11 is 0. The Morgan fingerprint density at radius 2 is 2.11 bits per heavy atom. The molecule has 3 rings (SSSR count). The molecule has 2 aromatic carbocycles. The lowest BCUT2D eigenvalue weighted by Crippen LogP contribution is -2.08. The van der Waals surface area contributed by atoms with Gasteiger partial charge in [-0.25, -0.2) is 0 Å². The molecule has 0 fully saturated rings. The van der Waals surface area contributed by atoms with Gasteiger partial charge in [-0.05, 0) is 51.1 Å². The van der Waals surface area contributed by atoms with Gasteiger partial charge in [-0.2, -0.15) is 0 Å². The van der Waals surface area contributed by atoms with Gasteiger partial charge in [0.05, 0.1) is 6.61 Å². The predicted molar refractivity (Wildman–Crippen MR) is 106 cm³/mol. The summed E-state index contributed by atoms with van der Waals surface area (Å²) in [4.78, 5) is 23.7. The zero-order chi connectivity index (χ0) is 19.4. The van der Waals surface area contributed by atoms with Crippen molar-refractivity contribution in [3.63, 3.8) is 0 Å². The van der Waals surface area contributed by atoms with Crippen molar-refractivity contribution in [2.45, 2.75) is 33.3 Å². The third-order valence-corrected chi connectivity index (χ3v) is 4.28. The summed E-state index contributed by atoms with van der Waals surface area (Å²) in [5.74, 6) is 1.24. The highest BCUT2D eigenvalue weighted by molar-refractivity contribution is 6.03. The third kappa shape index (κ3) is 4.56. The fraction of sp³-hybridized carbons (Fsp3) is 0.273. The van der Waals surface area contributed by atoms with Crippen molar-refractivity contribution in [3.05, 3.63) is 59.2 Å². The number of hydrogen-bond acceptors (Lipinski definition) is 4. The summed E-state index contributed by atoms with van der Waals surface area (Å²) < 4.78 is 11.5. The number of anilines is 1. The van der Waals surface area contributed by atoms with Gasteiger partial charge in [-0.15, -0.1) is 0 Å². The van der Waals surface area contributed by atoms with E-state index in [-0.39, 0.29) is 17.8 Å². The molecule has 5 nitrogen and oxygen atoms in total. The van der Waals surface area contributed by atoms with Gasteiger partial charge in [-0.1, -0.05) is 12.1 Å². The van der Waals surface area contributed by atoms with E-state index in [2.05, 4.69) is 5.32 Å². The highest BCUT2D eigenvalue weighted by Gasteiger charge is 2.21. The van der Waals surface area contributed by atoms with E-state index in [9.17, 15) is 9.59 Å². The largest absolute Gasteiger partial charge is 0.493 e. The maximum Gasteiger partial charge on any atom is 0.248 e. The van der Waals surface area contributed by atoms with Crippen LogP contribution in [-0.2, 0) is 11.2 Å². The highest BCUT2D eigenvalue weighted by Crippen LogP contribution is 2.35. The maximum absolute atomic E-state index is 12.3. The standard InChI is InChI=1S/C22H23NO4/c1-4-26-20-13-18-10-14(2)27-21(18)12-17(20)8-9-22(25)23-19-7-5-6-16(11-19)15(3)24/h5-9,11-14H,4,10H2,1-3H3,(H,23,25)/b9-8+. The molecule has 0 bridgehead atoms. The molecule has 1 heterocycles. The molecular formula is C22H23NO4. The van der Waals surface area contributed by atoms with Crippen molar-refractivity contribution < 1.29 is 19.1 Å². The van der Waals surface area contributed by atoms with Gasteiger partial charge >= 0.3 is 0 Å². The van der Waals surface area contributed by atoms with Gasteiger partial charge in [0, 0.05) is 34.9 Å². The number of benzene rings is 2. The average Bonchev–Trinajstić information content (AvgIpc) is 2.99. The van der Waals surface area contributed by atoms with Crippen molar-refractivity contribution in [2.75, 3.05) is 11.9 Å². The van der Waals surface area contributed by atoms with Gasteiger partial charge in [0.2, 0.25) is 5.91 Å². The molecule has 1 N–H and O–H groups in total. The first-order valence-electron chi connectivity index (χ1n) is 9.02. The maximum atomic E-state index is 12.3. The van der Waals surface area contributed by atoms with E-state index in [0.29, 0.717) is 17.9 Å². The lowest BCUT2D eigenvalue weighted by Gasteiger charge is -2.10. The minimum absolute atomic E-state index is 0.0460. The number of ether oxygens (including phenoxy) is 2. The third-order valence-electron chi connectivity index (χ3n) is 4.28. The van der Waals surface area contributed by atoms with Crippen LogP contribution in [0, 0.1) is 0 Å². The Labute approximate surface area is 159 Å². The molecule has 1 atom stereocenters. The quantitative estimate of drug-likeness (QED) is 0.613. The summed E-state index contributed by atoms with van der Waals surface area (Å²) in [5.41, 5.74) is 3.04. The number of fused-ring (bicyclic) bond motifs is 1. The molecular weight excluding hydrogens is 342 g/mol. The second-order valence-electron chi connectivity index (χ2n) is 6.52. The fourth-order valence-electron chi connectivity index (χ4n) is 3.03. The first-order chi connectivity index (χ1) is 13.0. The average molecular weight is 365 g/mol. The Bertz CT molecular complexity index is 901. The Hall–Kier alpha value is -3.08. The molecule has 0 aliphatic carbocycles. The first kappa shape index (κ1) is 18.7. The van der Waals surface area contributed by atoms with Crippen LogP contribution in [0.25, 0.3) is 6.08 Å². The van der Waals surface area contributed by atoms with Crippen LogP contribution in [0.1, 0.15) is 42.3 Å². The van der Waals surface area contributed by atoms with Crippen LogP contribution in [0.5, 0.6) is 11.5 Å². The fourth-order valence-corrected chi connectivity index (χ4v) is 3.03. The van der Waals surface area contributed by atoms with E-state index in [1.165, 1.54) is 13.0 Å². The zero-order valence-electron chi connectivity index (χ0n) is 15.7. The molecule has 0 radical (unpaired) electrons. The summed E-state index contributed by atoms with van der Waals surface area (Å²) in [5, 5.41) is 2.77. The van der Waals surface area contributed by atoms with E-state index in [0.717, 1.165) is 29.0 Å². The summed E-state index contributed by atoms with van der Waals surface area (Å²) in [6.45, 7) is 5.99. The van der Waals surface area contributed by atoms with Crippen molar-refractivity contribution in [2.24, 2.45) is 0 Å². The van der Waals surface area contributed by atoms with E-state index >= 15 is 0 Å². The second kappa shape index (κ2) is 8.08. The van der Waals surface area contributed by atoms with Crippen LogP contribution in [-0.4, -0.2) is 24.4 Å². The molecule has 1 unspecified atom stereocenters. The summed E-state index contributed by atoms with van der Waals surface area (Å²) in [6, 6.07) is 10.7. The Kier molecular flexibility index (Phi) is 5.60. The number of carbonyl (C=O) groups excluding carboxylic acids is 2. The predicted octanol–water partition coefficient (Wildman–Crippen LogP) is 4.26. The van der Waals surface area contributed by atoms with Crippen LogP contribution < -0.4 is 14.8 Å². The lowest BCUT2D eigenvalue weighted by molar-refractivity contribution is -0.111. The molecule has 0 saturated heterocycles. The first-order valence-corrected chi connectivity index (χ1v) is 9.02.